The van der Waals surface area contributed by atoms with Gasteiger partial charge in [0.2, 0.25) is 0 Å². The molecule has 4 rings (SSSR count). The fourth-order valence-electron chi connectivity index (χ4n) is 5.11. The van der Waals surface area contributed by atoms with Crippen LogP contribution in [0, 0.1) is 0 Å². The molecule has 0 bridgehead atoms. The normalized spacial score (nSPS) is 17.6. The average molecular weight is 449 g/mol. The van der Waals surface area contributed by atoms with E-state index in [1.165, 1.54) is 48.2 Å². The first-order valence-electron chi connectivity index (χ1n) is 12.6. The molecule has 33 heavy (non-hydrogen) atoms. The first kappa shape index (κ1) is 23.8. The summed E-state index contributed by atoms with van der Waals surface area (Å²) in [6.07, 6.45) is 5.63. The fourth-order valence-corrected chi connectivity index (χ4v) is 5.11. The van der Waals surface area contributed by atoms with Crippen molar-refractivity contribution in [3.63, 3.8) is 0 Å². The summed E-state index contributed by atoms with van der Waals surface area (Å²) >= 11 is 0. The number of rotatable bonds is 8. The Kier molecular flexibility index (Phi) is 8.40. The summed E-state index contributed by atoms with van der Waals surface area (Å²) in [5.41, 5.74) is 5.43. The van der Waals surface area contributed by atoms with E-state index in [2.05, 4.69) is 77.7 Å². The van der Waals surface area contributed by atoms with E-state index in [-0.39, 0.29) is 6.03 Å². The number of carbonyl (C=O) groups excluding carboxylic acids is 1. The Bertz CT molecular complexity index is 864. The Labute approximate surface area is 199 Å². The summed E-state index contributed by atoms with van der Waals surface area (Å²) in [6.45, 7) is 6.86. The van der Waals surface area contributed by atoms with Crippen molar-refractivity contribution in [1.82, 2.24) is 20.0 Å². The van der Waals surface area contributed by atoms with Gasteiger partial charge < -0.3 is 15.1 Å². The van der Waals surface area contributed by atoms with E-state index < -0.39 is 0 Å². The van der Waals surface area contributed by atoms with Crippen LogP contribution in [0.2, 0.25) is 0 Å². The van der Waals surface area contributed by atoms with Gasteiger partial charge in [-0.05, 0) is 87.5 Å². The average Bonchev–Trinajstić information content (AvgIpc) is 3.33. The number of piperidine rings is 1. The van der Waals surface area contributed by atoms with Crippen molar-refractivity contribution in [2.75, 3.05) is 46.8 Å². The van der Waals surface area contributed by atoms with E-state index in [1.807, 2.05) is 4.90 Å². The maximum Gasteiger partial charge on any atom is 0.317 e. The molecule has 178 valence electrons. The van der Waals surface area contributed by atoms with Crippen LogP contribution in [-0.4, -0.2) is 67.5 Å². The first-order valence-corrected chi connectivity index (χ1v) is 12.6. The van der Waals surface area contributed by atoms with E-state index >= 15 is 0 Å². The van der Waals surface area contributed by atoms with E-state index in [9.17, 15) is 4.79 Å². The maximum atomic E-state index is 12.6. The lowest BCUT2D eigenvalue weighted by Gasteiger charge is -2.32. The van der Waals surface area contributed by atoms with Crippen LogP contribution < -0.4 is 5.32 Å². The smallest absolute Gasteiger partial charge is 0.317 e. The summed E-state index contributed by atoms with van der Waals surface area (Å²) in [4.78, 5) is 19.3. The largest absolute Gasteiger partial charge is 0.338 e. The van der Waals surface area contributed by atoms with Gasteiger partial charge in [0.1, 0.15) is 0 Å². The fraction of sp³-hybridized carbons (Fsp3) is 0.536. The lowest BCUT2D eigenvalue weighted by molar-refractivity contribution is 0.181. The van der Waals surface area contributed by atoms with E-state index in [1.54, 1.807) is 0 Å². The number of hydrogen-bond donors (Lipinski definition) is 1. The Morgan fingerprint density at radius 2 is 1.48 bits per heavy atom. The minimum atomic E-state index is 0.0837. The van der Waals surface area contributed by atoms with Gasteiger partial charge in [0, 0.05) is 32.7 Å². The lowest BCUT2D eigenvalue weighted by atomic mass is 9.89. The zero-order valence-corrected chi connectivity index (χ0v) is 20.4. The third-order valence-electron chi connectivity index (χ3n) is 7.05. The zero-order chi connectivity index (χ0) is 23.0. The Balaban J connectivity index is 1.16. The third-order valence-corrected chi connectivity index (χ3v) is 7.05. The molecule has 0 saturated carbocycles. The van der Waals surface area contributed by atoms with Crippen LogP contribution in [0.25, 0.3) is 0 Å². The molecule has 0 atom stereocenters. The molecule has 0 aromatic heterocycles. The van der Waals surface area contributed by atoms with Crippen LogP contribution in [0.1, 0.15) is 53.9 Å². The number of nitrogens with zero attached hydrogens (tertiary/aromatic N) is 3. The predicted molar refractivity (Wildman–Crippen MR) is 135 cm³/mol. The molecule has 2 amide bonds. The van der Waals surface area contributed by atoms with Crippen LogP contribution in [0.5, 0.6) is 0 Å². The molecule has 0 aliphatic carbocycles. The van der Waals surface area contributed by atoms with Crippen molar-refractivity contribution < 1.29 is 4.79 Å². The summed E-state index contributed by atoms with van der Waals surface area (Å²) in [5.74, 6) is 0.557. The molecule has 2 aliphatic rings. The van der Waals surface area contributed by atoms with Gasteiger partial charge in [-0.15, -0.1) is 0 Å². The van der Waals surface area contributed by atoms with Gasteiger partial charge in [-0.2, -0.15) is 0 Å². The monoisotopic (exact) mass is 448 g/mol. The van der Waals surface area contributed by atoms with Gasteiger partial charge in [-0.25, -0.2) is 4.79 Å². The molecular weight excluding hydrogens is 408 g/mol. The van der Waals surface area contributed by atoms with Gasteiger partial charge >= 0.3 is 6.03 Å². The van der Waals surface area contributed by atoms with Gasteiger partial charge in [0.25, 0.3) is 0 Å². The molecule has 0 spiro atoms. The molecule has 2 fully saturated rings. The van der Waals surface area contributed by atoms with E-state index in [0.29, 0.717) is 12.5 Å². The van der Waals surface area contributed by atoms with Crippen LogP contribution in [0.3, 0.4) is 0 Å². The minimum Gasteiger partial charge on any atom is -0.338 e. The molecule has 2 aromatic carbocycles. The Hall–Kier alpha value is -2.37. The number of nitrogens with one attached hydrogen (secondary N) is 1. The molecule has 2 heterocycles. The number of amides is 2. The van der Waals surface area contributed by atoms with E-state index in [4.69, 9.17) is 0 Å². The van der Waals surface area contributed by atoms with Crippen molar-refractivity contribution in [2.45, 2.75) is 51.1 Å². The second-order valence-corrected chi connectivity index (χ2v) is 10.0. The molecule has 0 unspecified atom stereocenters. The van der Waals surface area contributed by atoms with Crippen LogP contribution >= 0.6 is 0 Å². The highest BCUT2D eigenvalue weighted by molar-refractivity contribution is 5.74. The summed E-state index contributed by atoms with van der Waals surface area (Å²) in [7, 11) is 4.20. The van der Waals surface area contributed by atoms with Crippen LogP contribution in [-0.2, 0) is 19.5 Å². The minimum absolute atomic E-state index is 0.0837. The summed E-state index contributed by atoms with van der Waals surface area (Å²) < 4.78 is 0. The highest BCUT2D eigenvalue weighted by Gasteiger charge is 2.23. The van der Waals surface area contributed by atoms with Crippen molar-refractivity contribution >= 4 is 6.03 Å². The number of hydrogen-bond acceptors (Lipinski definition) is 3. The molecule has 1 N–H and O–H groups in total. The number of urea groups is 1. The second-order valence-electron chi connectivity index (χ2n) is 10.0. The summed E-state index contributed by atoms with van der Waals surface area (Å²) in [5, 5.41) is 3.13. The highest BCUT2D eigenvalue weighted by Crippen LogP contribution is 2.28. The zero-order valence-electron chi connectivity index (χ0n) is 20.4. The van der Waals surface area contributed by atoms with Crippen molar-refractivity contribution in [1.29, 1.82) is 0 Å². The quantitative estimate of drug-likeness (QED) is 0.647. The molecule has 0 radical (unpaired) electrons. The topological polar surface area (TPSA) is 38.8 Å². The molecule has 2 aromatic rings. The Morgan fingerprint density at radius 1 is 0.879 bits per heavy atom. The van der Waals surface area contributed by atoms with E-state index in [0.717, 1.165) is 45.4 Å². The van der Waals surface area contributed by atoms with Crippen molar-refractivity contribution in [2.24, 2.45) is 0 Å². The molecule has 5 heteroatoms. The SMILES string of the molecule is CN(C)Cc1ccc(C2CCN(C(=O)NCCc3ccc(CN4CCCC4)cc3)CC2)cc1. The molecule has 2 saturated heterocycles. The molecule has 2 aliphatic heterocycles. The van der Waals surface area contributed by atoms with Gasteiger partial charge in [-0.1, -0.05) is 48.5 Å². The number of benzene rings is 2. The van der Waals surface area contributed by atoms with Crippen molar-refractivity contribution in [3.8, 4) is 0 Å². The maximum absolute atomic E-state index is 12.6. The number of carbonyl (C=O) groups is 1. The standard InChI is InChI=1S/C28H40N4O/c1-30(2)21-24-9-11-26(12-10-24)27-14-19-32(20-15-27)28(33)29-16-13-23-5-7-25(8-6-23)22-31-17-3-4-18-31/h5-12,27H,3-4,13-22H2,1-2H3,(H,29,33). The third kappa shape index (κ3) is 7.05. The molecular formula is C28H40N4O. The van der Waals surface area contributed by atoms with Gasteiger partial charge in [0.05, 0.1) is 0 Å². The van der Waals surface area contributed by atoms with Gasteiger partial charge in [-0.3, -0.25) is 4.90 Å². The van der Waals surface area contributed by atoms with Crippen LogP contribution in [0.15, 0.2) is 48.5 Å². The second kappa shape index (κ2) is 11.7. The van der Waals surface area contributed by atoms with Gasteiger partial charge in [0.15, 0.2) is 0 Å². The molecule has 5 nitrogen and oxygen atoms in total. The lowest BCUT2D eigenvalue weighted by Crippen LogP contribution is -2.44. The first-order chi connectivity index (χ1) is 16.1. The van der Waals surface area contributed by atoms with Crippen molar-refractivity contribution in [3.05, 3.63) is 70.8 Å². The highest BCUT2D eigenvalue weighted by atomic mass is 16.2. The number of likely N-dealkylation sites (tertiary alicyclic amines) is 2. The van der Waals surface area contributed by atoms with Crippen LogP contribution in [0.4, 0.5) is 4.79 Å². The predicted octanol–water partition coefficient (Wildman–Crippen LogP) is 4.48. The summed E-state index contributed by atoms with van der Waals surface area (Å²) in [6, 6.07) is 18.0. The Morgan fingerprint density at radius 3 is 2.12 bits per heavy atom.